The second-order valence-corrected chi connectivity index (χ2v) is 5.23. The maximum Gasteiger partial charge on any atom is 0.307 e. The van der Waals surface area contributed by atoms with Crippen LogP contribution in [0.2, 0.25) is 0 Å². The lowest BCUT2D eigenvalue weighted by Crippen LogP contribution is -2.47. The fraction of sp³-hybridized carbons (Fsp3) is 0.600. The largest absolute Gasteiger partial charge is 0.481 e. The van der Waals surface area contributed by atoms with Gasteiger partial charge in [0.1, 0.15) is 0 Å². The molecule has 0 radical (unpaired) electrons. The van der Waals surface area contributed by atoms with Gasteiger partial charge in [-0.1, -0.05) is 0 Å². The van der Waals surface area contributed by atoms with Crippen molar-refractivity contribution in [3.8, 4) is 0 Å². The number of rotatable bonds is 2. The number of fused-ring (bicyclic) bond motifs is 1. The minimum atomic E-state index is -0.618. The van der Waals surface area contributed by atoms with E-state index >= 15 is 0 Å². The molecule has 3 nitrogen and oxygen atoms in total. The van der Waals surface area contributed by atoms with Crippen molar-refractivity contribution in [3.05, 3.63) is 16.6 Å². The fourth-order valence-corrected chi connectivity index (χ4v) is 4.15. The van der Waals surface area contributed by atoms with Gasteiger partial charge in [-0.15, -0.1) is 11.3 Å². The zero-order valence-electron chi connectivity index (χ0n) is 7.64. The third-order valence-electron chi connectivity index (χ3n) is 3.84. The minimum Gasteiger partial charge on any atom is -0.481 e. The van der Waals surface area contributed by atoms with Crippen LogP contribution in [0.15, 0.2) is 11.7 Å². The van der Waals surface area contributed by atoms with Crippen LogP contribution in [0.3, 0.4) is 0 Å². The van der Waals surface area contributed by atoms with Gasteiger partial charge in [0.15, 0.2) is 0 Å². The van der Waals surface area contributed by atoms with E-state index in [0.717, 1.165) is 19.3 Å². The summed E-state index contributed by atoms with van der Waals surface area (Å²) in [7, 11) is 0. The van der Waals surface area contributed by atoms with Crippen molar-refractivity contribution in [1.29, 1.82) is 0 Å². The van der Waals surface area contributed by atoms with E-state index in [1.54, 1.807) is 16.8 Å². The van der Waals surface area contributed by atoms with Gasteiger partial charge in [0, 0.05) is 16.5 Å². The Kier molecular flexibility index (Phi) is 1.54. The molecule has 3 unspecified atom stereocenters. The van der Waals surface area contributed by atoms with E-state index < -0.39 is 5.97 Å². The Morgan fingerprint density at radius 2 is 2.57 bits per heavy atom. The van der Waals surface area contributed by atoms with Gasteiger partial charge >= 0.3 is 5.97 Å². The van der Waals surface area contributed by atoms with Gasteiger partial charge in [0.2, 0.25) is 0 Å². The van der Waals surface area contributed by atoms with Gasteiger partial charge in [0.25, 0.3) is 0 Å². The summed E-state index contributed by atoms with van der Waals surface area (Å²) in [6, 6.07) is 0. The lowest BCUT2D eigenvalue weighted by molar-refractivity contribution is -0.150. The SMILES string of the molecule is O=C(O)C1C2CCC1(c1cncs1)C2. The number of nitrogens with zero attached hydrogens (tertiary/aromatic N) is 1. The number of hydrogen-bond acceptors (Lipinski definition) is 3. The predicted molar refractivity (Wildman–Crippen MR) is 52.3 cm³/mol. The zero-order chi connectivity index (χ0) is 9.76. The third-order valence-corrected chi connectivity index (χ3v) is 4.84. The highest BCUT2D eigenvalue weighted by Crippen LogP contribution is 2.64. The van der Waals surface area contributed by atoms with E-state index in [9.17, 15) is 4.79 Å². The van der Waals surface area contributed by atoms with E-state index in [-0.39, 0.29) is 11.3 Å². The molecule has 3 aliphatic carbocycles. The van der Waals surface area contributed by atoms with Crippen molar-refractivity contribution >= 4 is 17.3 Å². The molecular formula is C10H11NO2S. The number of hydrogen-bond donors (Lipinski definition) is 1. The van der Waals surface area contributed by atoms with Gasteiger partial charge < -0.3 is 5.11 Å². The Labute approximate surface area is 85.8 Å². The predicted octanol–water partition coefficient (Wildman–Crippen LogP) is 1.90. The van der Waals surface area contributed by atoms with Crippen molar-refractivity contribution in [2.75, 3.05) is 0 Å². The second kappa shape index (κ2) is 2.57. The van der Waals surface area contributed by atoms with Crippen LogP contribution in [0, 0.1) is 11.8 Å². The van der Waals surface area contributed by atoms with Gasteiger partial charge in [0.05, 0.1) is 11.4 Å². The Bertz CT molecular complexity index is 371. The molecule has 0 amide bonds. The number of carboxylic acids is 1. The molecule has 2 bridgehead atoms. The van der Waals surface area contributed by atoms with Crippen LogP contribution < -0.4 is 0 Å². The van der Waals surface area contributed by atoms with Crippen LogP contribution in [0.4, 0.5) is 0 Å². The lowest BCUT2D eigenvalue weighted by Gasteiger charge is -2.44. The molecule has 1 aromatic heterocycles. The molecule has 0 aromatic carbocycles. The number of carbonyl (C=O) groups is 1. The topological polar surface area (TPSA) is 50.2 Å². The first-order chi connectivity index (χ1) is 6.74. The lowest BCUT2D eigenvalue weighted by atomic mass is 9.59. The van der Waals surface area contributed by atoms with Crippen LogP contribution in [-0.4, -0.2) is 16.1 Å². The molecular weight excluding hydrogens is 198 g/mol. The van der Waals surface area contributed by atoms with Crippen LogP contribution in [0.1, 0.15) is 24.1 Å². The molecule has 14 heavy (non-hydrogen) atoms. The van der Waals surface area contributed by atoms with E-state index in [2.05, 4.69) is 4.98 Å². The summed E-state index contributed by atoms with van der Waals surface area (Å²) >= 11 is 1.60. The molecule has 0 spiro atoms. The summed E-state index contributed by atoms with van der Waals surface area (Å²) in [4.78, 5) is 16.4. The Morgan fingerprint density at radius 3 is 3.14 bits per heavy atom. The van der Waals surface area contributed by atoms with Crippen LogP contribution >= 0.6 is 11.3 Å². The van der Waals surface area contributed by atoms with Gasteiger partial charge in [-0.05, 0) is 25.2 Å². The Morgan fingerprint density at radius 1 is 1.71 bits per heavy atom. The van der Waals surface area contributed by atoms with Crippen molar-refractivity contribution in [3.63, 3.8) is 0 Å². The summed E-state index contributed by atoms with van der Waals surface area (Å²) in [6.07, 6.45) is 5.03. The molecule has 4 rings (SSSR count). The van der Waals surface area contributed by atoms with Crippen molar-refractivity contribution in [2.45, 2.75) is 24.7 Å². The van der Waals surface area contributed by atoms with Crippen LogP contribution in [0.25, 0.3) is 0 Å². The van der Waals surface area contributed by atoms with Crippen LogP contribution in [0.5, 0.6) is 0 Å². The molecule has 3 aliphatic rings. The van der Waals surface area contributed by atoms with Gasteiger partial charge in [-0.2, -0.15) is 0 Å². The zero-order valence-corrected chi connectivity index (χ0v) is 8.46. The second-order valence-electron chi connectivity index (χ2n) is 4.34. The molecule has 1 N–H and O–H groups in total. The molecule has 1 heterocycles. The van der Waals surface area contributed by atoms with Crippen molar-refractivity contribution in [1.82, 2.24) is 4.98 Å². The highest BCUT2D eigenvalue weighted by Gasteiger charge is 2.63. The molecule has 0 saturated heterocycles. The van der Waals surface area contributed by atoms with E-state index in [1.165, 1.54) is 4.88 Å². The number of aliphatic carboxylic acids is 1. The maximum absolute atomic E-state index is 11.1. The normalized spacial score (nSPS) is 39.4. The van der Waals surface area contributed by atoms with Crippen LogP contribution in [-0.2, 0) is 10.2 Å². The van der Waals surface area contributed by atoms with E-state index in [4.69, 9.17) is 5.11 Å². The first-order valence-electron chi connectivity index (χ1n) is 4.86. The summed E-state index contributed by atoms with van der Waals surface area (Å²) in [5, 5.41) is 9.16. The minimum absolute atomic E-state index is 0.0440. The Hall–Kier alpha value is -0.900. The summed E-state index contributed by atoms with van der Waals surface area (Å²) in [6.45, 7) is 0. The molecule has 74 valence electrons. The molecule has 1 aromatic rings. The van der Waals surface area contributed by atoms with Gasteiger partial charge in [-0.3, -0.25) is 9.78 Å². The average Bonchev–Trinajstić information content (AvgIpc) is 2.77. The maximum atomic E-state index is 11.1. The quantitative estimate of drug-likeness (QED) is 0.809. The highest BCUT2D eigenvalue weighted by atomic mass is 32.1. The standard InChI is InChI=1S/C10H11NO2S/c12-9(13)8-6-1-2-10(8,3-6)7-4-11-5-14-7/h4-6,8H,1-3H2,(H,12,13). The fourth-order valence-electron chi connectivity index (χ4n) is 3.25. The molecule has 3 fully saturated rings. The third kappa shape index (κ3) is 0.823. The number of aromatic nitrogens is 1. The van der Waals surface area contributed by atoms with E-state index in [1.807, 2.05) is 6.20 Å². The van der Waals surface area contributed by atoms with Crippen molar-refractivity contribution in [2.24, 2.45) is 11.8 Å². The summed E-state index contributed by atoms with van der Waals surface area (Å²) in [5.74, 6) is -0.329. The van der Waals surface area contributed by atoms with Crippen molar-refractivity contribution < 1.29 is 9.90 Å². The summed E-state index contributed by atoms with van der Waals surface area (Å²) < 4.78 is 0. The Balaban J connectivity index is 2.01. The molecule has 3 atom stereocenters. The molecule has 3 saturated carbocycles. The molecule has 0 aliphatic heterocycles. The number of carboxylic acid groups (broad SMARTS) is 1. The first-order valence-corrected chi connectivity index (χ1v) is 5.74. The summed E-state index contributed by atoms with van der Waals surface area (Å²) in [5.41, 5.74) is 1.76. The first kappa shape index (κ1) is 8.41. The van der Waals surface area contributed by atoms with E-state index in [0.29, 0.717) is 5.92 Å². The monoisotopic (exact) mass is 209 g/mol. The molecule has 4 heteroatoms. The average molecular weight is 209 g/mol. The highest BCUT2D eigenvalue weighted by molar-refractivity contribution is 7.09. The smallest absolute Gasteiger partial charge is 0.307 e. The number of thiazole rings is 1. The van der Waals surface area contributed by atoms with Gasteiger partial charge in [-0.25, -0.2) is 0 Å².